The molecule has 0 fully saturated rings. The quantitative estimate of drug-likeness (QED) is 0.353. The minimum absolute atomic E-state index is 0.0316. The summed E-state index contributed by atoms with van der Waals surface area (Å²) in [5, 5.41) is 2.84. The molecule has 9 nitrogen and oxygen atoms in total. The predicted octanol–water partition coefficient (Wildman–Crippen LogP) is 4.15. The summed E-state index contributed by atoms with van der Waals surface area (Å²) < 4.78 is 39.6. The monoisotopic (exact) mass is 567 g/mol. The third-order valence-electron chi connectivity index (χ3n) is 6.35. The molecular weight excluding hydrogens is 530 g/mol. The van der Waals surface area contributed by atoms with E-state index in [1.165, 1.54) is 24.1 Å². The van der Waals surface area contributed by atoms with E-state index in [0.717, 1.165) is 15.4 Å². The number of rotatable bonds is 12. The molecule has 0 saturated carbocycles. The number of amides is 2. The Kier molecular flexibility index (Phi) is 10.2. The van der Waals surface area contributed by atoms with Gasteiger partial charge in [0, 0.05) is 12.6 Å². The maximum atomic E-state index is 14.0. The maximum Gasteiger partial charge on any atom is 0.264 e. The minimum Gasteiger partial charge on any atom is -0.497 e. The van der Waals surface area contributed by atoms with Gasteiger partial charge in [-0.15, -0.1) is 0 Å². The molecule has 0 bridgehead atoms. The smallest absolute Gasteiger partial charge is 0.264 e. The Morgan fingerprint density at radius 2 is 1.50 bits per heavy atom. The van der Waals surface area contributed by atoms with Gasteiger partial charge in [0.15, 0.2) is 0 Å². The van der Waals surface area contributed by atoms with Crippen molar-refractivity contribution in [2.75, 3.05) is 25.1 Å². The van der Waals surface area contributed by atoms with E-state index < -0.39 is 28.5 Å². The van der Waals surface area contributed by atoms with Crippen LogP contribution in [0.5, 0.6) is 11.5 Å². The van der Waals surface area contributed by atoms with E-state index in [1.54, 1.807) is 74.7 Å². The zero-order chi connectivity index (χ0) is 29.4. The molecular formula is C30H37N3O6S. The first kappa shape index (κ1) is 30.5. The van der Waals surface area contributed by atoms with E-state index in [2.05, 4.69) is 5.32 Å². The fourth-order valence-corrected chi connectivity index (χ4v) is 5.53. The van der Waals surface area contributed by atoms with Gasteiger partial charge in [-0.3, -0.25) is 13.9 Å². The highest BCUT2D eigenvalue weighted by atomic mass is 32.2. The van der Waals surface area contributed by atoms with E-state index in [-0.39, 0.29) is 29.1 Å². The average Bonchev–Trinajstić information content (AvgIpc) is 2.94. The molecule has 10 heteroatoms. The van der Waals surface area contributed by atoms with Crippen LogP contribution in [0.25, 0.3) is 0 Å². The second-order valence-electron chi connectivity index (χ2n) is 9.71. The molecule has 0 aliphatic heterocycles. The number of nitrogens with one attached hydrogen (secondary N) is 1. The van der Waals surface area contributed by atoms with Crippen LogP contribution in [0.3, 0.4) is 0 Å². The summed E-state index contributed by atoms with van der Waals surface area (Å²) in [5.41, 5.74) is 1.86. The summed E-state index contributed by atoms with van der Waals surface area (Å²) >= 11 is 0. The molecule has 3 rings (SSSR count). The molecule has 0 aliphatic rings. The minimum atomic E-state index is -4.19. The number of benzene rings is 3. The molecule has 0 spiro atoms. The number of ether oxygens (including phenoxy) is 2. The fraction of sp³-hybridized carbons (Fsp3) is 0.333. The number of hydrogen-bond acceptors (Lipinski definition) is 6. The Morgan fingerprint density at radius 1 is 0.875 bits per heavy atom. The standard InChI is InChI=1S/C30H37N3O6S/c1-21(2)31-30(35)23(4)32(19-24-13-15-25(38-5)16-14-24)29(34)20-33(27-9-7-8-10-28(27)39-6)40(36,37)26-17-11-22(3)12-18-26/h7-18,21,23H,19-20H2,1-6H3,(H,31,35)/t23-/m1/s1. The average molecular weight is 568 g/mol. The Morgan fingerprint density at radius 3 is 2.08 bits per heavy atom. The molecule has 0 aliphatic carbocycles. The summed E-state index contributed by atoms with van der Waals surface area (Å²) in [7, 11) is -1.19. The molecule has 214 valence electrons. The number of aryl methyl sites for hydroxylation is 1. The van der Waals surface area contributed by atoms with Gasteiger partial charge >= 0.3 is 0 Å². The molecule has 40 heavy (non-hydrogen) atoms. The van der Waals surface area contributed by atoms with E-state index in [0.29, 0.717) is 11.5 Å². The molecule has 1 atom stereocenters. The van der Waals surface area contributed by atoms with Gasteiger partial charge in [-0.25, -0.2) is 8.42 Å². The molecule has 0 radical (unpaired) electrons. The van der Waals surface area contributed by atoms with E-state index in [1.807, 2.05) is 20.8 Å². The van der Waals surface area contributed by atoms with Crippen LogP contribution in [0.4, 0.5) is 5.69 Å². The van der Waals surface area contributed by atoms with E-state index >= 15 is 0 Å². The van der Waals surface area contributed by atoms with Crippen LogP contribution in [0.1, 0.15) is 31.9 Å². The van der Waals surface area contributed by atoms with Crippen molar-refractivity contribution in [3.63, 3.8) is 0 Å². The van der Waals surface area contributed by atoms with E-state index in [9.17, 15) is 18.0 Å². The zero-order valence-corrected chi connectivity index (χ0v) is 24.6. The van der Waals surface area contributed by atoms with Crippen molar-refractivity contribution in [1.82, 2.24) is 10.2 Å². The Bertz CT molecular complexity index is 1410. The van der Waals surface area contributed by atoms with Crippen molar-refractivity contribution in [2.45, 2.75) is 51.2 Å². The van der Waals surface area contributed by atoms with Gasteiger partial charge in [-0.2, -0.15) is 0 Å². The summed E-state index contributed by atoms with van der Waals surface area (Å²) in [6.45, 7) is 6.68. The normalized spacial score (nSPS) is 12.0. The van der Waals surface area contributed by atoms with Crippen molar-refractivity contribution in [3.8, 4) is 11.5 Å². The number of nitrogens with zero attached hydrogens (tertiary/aromatic N) is 2. The highest BCUT2D eigenvalue weighted by Crippen LogP contribution is 2.32. The molecule has 3 aromatic carbocycles. The summed E-state index contributed by atoms with van der Waals surface area (Å²) in [6, 6.07) is 19.1. The molecule has 0 saturated heterocycles. The second-order valence-corrected chi connectivity index (χ2v) is 11.6. The molecule has 2 amide bonds. The van der Waals surface area contributed by atoms with Crippen molar-refractivity contribution < 1.29 is 27.5 Å². The SMILES string of the molecule is COc1ccc(CN(C(=O)CN(c2ccccc2OC)S(=O)(=O)c2ccc(C)cc2)[C@H](C)C(=O)NC(C)C)cc1. The Hall–Kier alpha value is -4.05. The van der Waals surface area contributed by atoms with Gasteiger partial charge in [-0.1, -0.05) is 42.0 Å². The Balaban J connectivity index is 2.06. The lowest BCUT2D eigenvalue weighted by Crippen LogP contribution is -2.52. The van der Waals surface area contributed by atoms with Crippen molar-refractivity contribution in [1.29, 1.82) is 0 Å². The number of sulfonamides is 1. The third kappa shape index (κ3) is 7.32. The molecule has 0 aromatic heterocycles. The van der Waals surface area contributed by atoms with Gasteiger partial charge in [-0.05, 0) is 69.7 Å². The lowest BCUT2D eigenvalue weighted by atomic mass is 10.1. The van der Waals surface area contributed by atoms with Crippen molar-refractivity contribution in [2.24, 2.45) is 0 Å². The number of carbonyl (C=O) groups is 2. The van der Waals surface area contributed by atoms with Crippen LogP contribution in [0.15, 0.2) is 77.7 Å². The maximum absolute atomic E-state index is 14.0. The van der Waals surface area contributed by atoms with Gasteiger partial charge < -0.3 is 19.7 Å². The van der Waals surface area contributed by atoms with Gasteiger partial charge in [0.25, 0.3) is 10.0 Å². The third-order valence-corrected chi connectivity index (χ3v) is 8.13. The molecule has 0 unspecified atom stereocenters. The lowest BCUT2D eigenvalue weighted by Gasteiger charge is -2.32. The first-order valence-corrected chi connectivity index (χ1v) is 14.4. The Labute approximate surface area is 236 Å². The molecule has 0 heterocycles. The van der Waals surface area contributed by atoms with Crippen molar-refractivity contribution >= 4 is 27.5 Å². The topological polar surface area (TPSA) is 105 Å². The van der Waals surface area contributed by atoms with Gasteiger partial charge in [0.2, 0.25) is 11.8 Å². The number of carbonyl (C=O) groups excluding carboxylic acids is 2. The number of para-hydroxylation sites is 2. The van der Waals surface area contributed by atoms with Crippen LogP contribution in [0.2, 0.25) is 0 Å². The highest BCUT2D eigenvalue weighted by molar-refractivity contribution is 7.92. The number of anilines is 1. The predicted molar refractivity (Wildman–Crippen MR) is 155 cm³/mol. The number of hydrogen-bond donors (Lipinski definition) is 1. The fourth-order valence-electron chi connectivity index (χ4n) is 4.10. The lowest BCUT2D eigenvalue weighted by molar-refractivity contribution is -0.139. The van der Waals surface area contributed by atoms with E-state index in [4.69, 9.17) is 9.47 Å². The summed E-state index contributed by atoms with van der Waals surface area (Å²) in [4.78, 5) is 28.4. The molecule has 3 aromatic rings. The summed E-state index contributed by atoms with van der Waals surface area (Å²) in [6.07, 6.45) is 0. The first-order valence-electron chi connectivity index (χ1n) is 12.9. The van der Waals surface area contributed by atoms with Crippen LogP contribution in [-0.4, -0.2) is 58.0 Å². The van der Waals surface area contributed by atoms with Gasteiger partial charge in [0.1, 0.15) is 24.1 Å². The largest absolute Gasteiger partial charge is 0.497 e. The highest BCUT2D eigenvalue weighted by Gasteiger charge is 2.33. The second kappa shape index (κ2) is 13.3. The summed E-state index contributed by atoms with van der Waals surface area (Å²) in [5.74, 6) is 0.0444. The molecule has 1 N–H and O–H groups in total. The first-order chi connectivity index (χ1) is 19.0. The van der Waals surface area contributed by atoms with Crippen LogP contribution >= 0.6 is 0 Å². The van der Waals surface area contributed by atoms with Crippen LogP contribution < -0.4 is 19.1 Å². The number of methoxy groups -OCH3 is 2. The van der Waals surface area contributed by atoms with Crippen molar-refractivity contribution in [3.05, 3.63) is 83.9 Å². The van der Waals surface area contributed by atoms with Gasteiger partial charge in [0.05, 0.1) is 24.8 Å². The van der Waals surface area contributed by atoms with Crippen LogP contribution in [0, 0.1) is 6.92 Å². The zero-order valence-electron chi connectivity index (χ0n) is 23.7. The van der Waals surface area contributed by atoms with Crippen LogP contribution in [-0.2, 0) is 26.2 Å².